The van der Waals surface area contributed by atoms with E-state index in [1.807, 2.05) is 0 Å². The topological polar surface area (TPSA) is 157 Å². The summed E-state index contributed by atoms with van der Waals surface area (Å²) in [6.45, 7) is 0. The number of nitro groups is 2. The fourth-order valence-corrected chi connectivity index (χ4v) is 2.08. The van der Waals surface area contributed by atoms with Crippen LogP contribution in [0.5, 0.6) is 5.75 Å². The molecule has 0 spiro atoms. The maximum absolute atomic E-state index is 10.5. The standard InChI is InChI=1S/C9H6N2O3.C7H5NO4/c12-9-7(11(13)14)4-3-6-2-1-5-10-8(6)9;9-7(10)5-3-1-2-4-6(5)8(11)12/h1-5,12H;1-4H,(H,9,10). The van der Waals surface area contributed by atoms with Crippen LogP contribution in [0.15, 0.2) is 54.7 Å². The first-order valence-electron chi connectivity index (χ1n) is 7.00. The Morgan fingerprint density at radius 2 is 1.58 bits per heavy atom. The maximum Gasteiger partial charge on any atom is 0.342 e. The first kappa shape index (κ1) is 18.3. The van der Waals surface area contributed by atoms with E-state index in [1.54, 1.807) is 18.2 Å². The van der Waals surface area contributed by atoms with Gasteiger partial charge in [0.05, 0.1) is 9.85 Å². The molecule has 2 aromatic carbocycles. The average molecular weight is 357 g/mol. The lowest BCUT2D eigenvalue weighted by Crippen LogP contribution is -2.01. The minimum atomic E-state index is -1.29. The summed E-state index contributed by atoms with van der Waals surface area (Å²) in [4.78, 5) is 33.7. The van der Waals surface area contributed by atoms with Gasteiger partial charge in [-0.15, -0.1) is 0 Å². The smallest absolute Gasteiger partial charge is 0.342 e. The first-order valence-corrected chi connectivity index (χ1v) is 7.00. The second-order valence-electron chi connectivity index (χ2n) is 4.84. The number of phenolic OH excluding ortho intramolecular Hbond substituents is 1. The second kappa shape index (κ2) is 7.66. The fourth-order valence-electron chi connectivity index (χ4n) is 2.08. The zero-order valence-electron chi connectivity index (χ0n) is 13.0. The number of aromatic hydroxyl groups is 1. The third kappa shape index (κ3) is 3.87. The third-order valence-corrected chi connectivity index (χ3v) is 3.25. The predicted molar refractivity (Wildman–Crippen MR) is 90.1 cm³/mol. The second-order valence-corrected chi connectivity index (χ2v) is 4.84. The summed E-state index contributed by atoms with van der Waals surface area (Å²) in [6, 6.07) is 11.5. The van der Waals surface area contributed by atoms with E-state index in [0.717, 1.165) is 6.07 Å². The lowest BCUT2D eigenvalue weighted by Gasteiger charge is -1.99. The predicted octanol–water partition coefficient (Wildman–Crippen LogP) is 3.14. The highest BCUT2D eigenvalue weighted by Gasteiger charge is 2.17. The normalized spacial score (nSPS) is 9.85. The molecule has 0 radical (unpaired) electrons. The zero-order chi connectivity index (χ0) is 19.3. The van der Waals surface area contributed by atoms with Crippen LogP contribution in [-0.4, -0.2) is 31.0 Å². The number of hydrogen-bond donors (Lipinski definition) is 2. The van der Waals surface area contributed by atoms with Gasteiger partial charge in [-0.25, -0.2) is 4.79 Å². The molecule has 0 aliphatic heterocycles. The lowest BCUT2D eigenvalue weighted by atomic mass is 10.2. The molecule has 26 heavy (non-hydrogen) atoms. The molecule has 0 saturated heterocycles. The minimum absolute atomic E-state index is 0.252. The summed E-state index contributed by atoms with van der Waals surface area (Å²) in [5, 5.41) is 39.5. The van der Waals surface area contributed by atoms with Gasteiger partial charge >= 0.3 is 11.7 Å². The lowest BCUT2D eigenvalue weighted by molar-refractivity contribution is -0.385. The number of pyridine rings is 1. The number of benzene rings is 2. The number of fused-ring (bicyclic) bond motifs is 1. The van der Waals surface area contributed by atoms with Crippen LogP contribution in [0, 0.1) is 20.2 Å². The van der Waals surface area contributed by atoms with Crippen LogP contribution in [0.3, 0.4) is 0 Å². The summed E-state index contributed by atoms with van der Waals surface area (Å²) in [5.74, 6) is -1.67. The largest absolute Gasteiger partial charge is 0.501 e. The highest BCUT2D eigenvalue weighted by Crippen LogP contribution is 2.32. The molecule has 0 saturated carbocycles. The maximum atomic E-state index is 10.5. The number of nitro benzene ring substituents is 2. The Labute approximate surface area is 145 Å². The Hall–Kier alpha value is -4.08. The van der Waals surface area contributed by atoms with Gasteiger partial charge in [0.1, 0.15) is 11.1 Å². The molecule has 132 valence electrons. The number of carboxylic acid groups (broad SMARTS) is 1. The fraction of sp³-hybridized carbons (Fsp3) is 0. The van der Waals surface area contributed by atoms with Crippen molar-refractivity contribution in [1.82, 2.24) is 4.98 Å². The Bertz CT molecular complexity index is 971. The highest BCUT2D eigenvalue weighted by molar-refractivity contribution is 5.92. The molecular weight excluding hydrogens is 346 g/mol. The number of para-hydroxylation sites is 1. The van der Waals surface area contributed by atoms with E-state index in [1.165, 1.54) is 30.5 Å². The van der Waals surface area contributed by atoms with Gasteiger partial charge in [-0.2, -0.15) is 0 Å². The molecule has 1 heterocycles. The third-order valence-electron chi connectivity index (χ3n) is 3.25. The van der Waals surface area contributed by atoms with Crippen molar-refractivity contribution < 1.29 is 24.9 Å². The number of nitrogens with zero attached hydrogens (tertiary/aromatic N) is 3. The Balaban J connectivity index is 0.000000190. The molecule has 3 rings (SSSR count). The number of hydrogen-bond acceptors (Lipinski definition) is 7. The average Bonchev–Trinajstić information content (AvgIpc) is 2.62. The molecule has 0 bridgehead atoms. The van der Waals surface area contributed by atoms with Crippen molar-refractivity contribution in [3.8, 4) is 5.75 Å². The van der Waals surface area contributed by atoms with Crippen molar-refractivity contribution in [2.75, 3.05) is 0 Å². The van der Waals surface area contributed by atoms with Crippen LogP contribution in [0.4, 0.5) is 11.4 Å². The van der Waals surface area contributed by atoms with Crippen LogP contribution < -0.4 is 0 Å². The van der Waals surface area contributed by atoms with Crippen molar-refractivity contribution >= 4 is 28.2 Å². The van der Waals surface area contributed by atoms with Crippen molar-refractivity contribution in [2.45, 2.75) is 0 Å². The van der Waals surface area contributed by atoms with E-state index >= 15 is 0 Å². The quantitative estimate of drug-likeness (QED) is 0.534. The van der Waals surface area contributed by atoms with Crippen molar-refractivity contribution in [1.29, 1.82) is 0 Å². The number of aromatic nitrogens is 1. The summed E-state index contributed by atoms with van der Waals surface area (Å²) < 4.78 is 0. The number of aromatic carboxylic acids is 1. The molecular formula is C16H11N3O7. The molecule has 10 nitrogen and oxygen atoms in total. The van der Waals surface area contributed by atoms with Gasteiger partial charge in [0.25, 0.3) is 5.69 Å². The van der Waals surface area contributed by atoms with Gasteiger partial charge in [-0.3, -0.25) is 25.2 Å². The number of carbonyl (C=O) groups is 1. The summed E-state index contributed by atoms with van der Waals surface area (Å²) >= 11 is 0. The van der Waals surface area contributed by atoms with Crippen LogP contribution >= 0.6 is 0 Å². The van der Waals surface area contributed by atoms with Gasteiger partial charge in [-0.1, -0.05) is 18.2 Å². The van der Waals surface area contributed by atoms with Gasteiger partial charge in [0, 0.05) is 23.7 Å². The number of carboxylic acids is 1. The van der Waals surface area contributed by atoms with Crippen LogP contribution in [0.2, 0.25) is 0 Å². The molecule has 0 amide bonds. The molecule has 1 aromatic heterocycles. The van der Waals surface area contributed by atoms with Crippen LogP contribution in [0.1, 0.15) is 10.4 Å². The van der Waals surface area contributed by atoms with E-state index < -0.39 is 15.8 Å². The molecule has 0 unspecified atom stereocenters. The zero-order valence-corrected chi connectivity index (χ0v) is 13.0. The molecule has 0 atom stereocenters. The number of phenols is 1. The minimum Gasteiger partial charge on any atom is -0.501 e. The number of rotatable bonds is 3. The van der Waals surface area contributed by atoms with E-state index in [4.69, 9.17) is 5.11 Å². The van der Waals surface area contributed by atoms with Gasteiger partial charge in [-0.05, 0) is 18.2 Å². The summed E-state index contributed by atoms with van der Waals surface area (Å²) in [6.07, 6.45) is 1.48. The van der Waals surface area contributed by atoms with Gasteiger partial charge < -0.3 is 10.2 Å². The van der Waals surface area contributed by atoms with Crippen molar-refractivity contribution in [2.24, 2.45) is 0 Å². The van der Waals surface area contributed by atoms with E-state index in [2.05, 4.69) is 4.98 Å². The molecule has 0 aliphatic rings. The van der Waals surface area contributed by atoms with Gasteiger partial charge in [0.15, 0.2) is 0 Å². The van der Waals surface area contributed by atoms with E-state index in [9.17, 15) is 30.1 Å². The van der Waals surface area contributed by atoms with E-state index in [-0.39, 0.29) is 28.2 Å². The molecule has 10 heteroatoms. The molecule has 3 aromatic rings. The van der Waals surface area contributed by atoms with Crippen LogP contribution in [-0.2, 0) is 0 Å². The molecule has 2 N–H and O–H groups in total. The van der Waals surface area contributed by atoms with Gasteiger partial charge in [0.2, 0.25) is 5.75 Å². The first-order chi connectivity index (χ1) is 12.3. The Kier molecular flexibility index (Phi) is 5.38. The Morgan fingerprint density at radius 3 is 2.15 bits per heavy atom. The monoisotopic (exact) mass is 357 g/mol. The SMILES string of the molecule is O=C(O)c1ccccc1[N+](=O)[O-].O=[N+]([O-])c1ccc2cccnc2c1O. The van der Waals surface area contributed by atoms with Crippen molar-refractivity contribution in [3.63, 3.8) is 0 Å². The summed E-state index contributed by atoms with van der Waals surface area (Å²) in [7, 11) is 0. The highest BCUT2D eigenvalue weighted by atomic mass is 16.6. The molecule has 0 fully saturated rings. The van der Waals surface area contributed by atoms with Crippen molar-refractivity contribution in [3.05, 3.63) is 80.5 Å². The summed E-state index contributed by atoms with van der Waals surface area (Å²) in [5.41, 5.74) is -0.745. The Morgan fingerprint density at radius 1 is 0.923 bits per heavy atom. The van der Waals surface area contributed by atoms with Crippen LogP contribution in [0.25, 0.3) is 10.9 Å². The molecule has 0 aliphatic carbocycles. The van der Waals surface area contributed by atoms with E-state index in [0.29, 0.717) is 5.39 Å².